The molecule has 0 atom stereocenters. The molecule has 1 aliphatic carbocycles. The van der Waals surface area contributed by atoms with Crippen LogP contribution >= 0.6 is 35.0 Å². The molecule has 1 fully saturated rings. The summed E-state index contributed by atoms with van der Waals surface area (Å²) >= 11 is 13.1. The molecule has 25 heavy (non-hydrogen) atoms. The van der Waals surface area contributed by atoms with Crippen molar-refractivity contribution in [3.8, 4) is 6.07 Å². The van der Waals surface area contributed by atoms with Crippen molar-refractivity contribution >= 4 is 46.8 Å². The van der Waals surface area contributed by atoms with Crippen LogP contribution in [0.3, 0.4) is 0 Å². The Hall–Kier alpha value is -1.42. The number of halogens is 2. The van der Waals surface area contributed by atoms with E-state index in [-0.39, 0.29) is 12.4 Å². The number of amides is 1. The Balaban J connectivity index is 1.67. The fourth-order valence-corrected chi connectivity index (χ4v) is 3.70. The lowest BCUT2D eigenvalue weighted by molar-refractivity contribution is -0.146. The number of nitrogens with zero attached hydrogens (tertiary/aromatic N) is 1. The fraction of sp³-hybridized carbons (Fsp3) is 0.471. The molecule has 5 nitrogen and oxygen atoms in total. The molecule has 1 aromatic carbocycles. The van der Waals surface area contributed by atoms with Gasteiger partial charge in [-0.1, -0.05) is 29.3 Å². The standard InChI is InChI=1S/C17H18Cl2N2O3S/c18-13-4-3-12(7-14(13)19)9-25-10-16(23)24-8-15(22)21-17(11-20)5-1-2-6-17/h3-4,7H,1-2,5-6,8-10H2,(H,21,22). The Morgan fingerprint density at radius 1 is 1.28 bits per heavy atom. The highest BCUT2D eigenvalue weighted by Gasteiger charge is 2.35. The van der Waals surface area contributed by atoms with E-state index in [1.807, 2.05) is 6.07 Å². The van der Waals surface area contributed by atoms with E-state index < -0.39 is 17.4 Å². The van der Waals surface area contributed by atoms with Crippen LogP contribution in [0.25, 0.3) is 0 Å². The topological polar surface area (TPSA) is 79.2 Å². The van der Waals surface area contributed by atoms with Gasteiger partial charge in [0.05, 0.1) is 21.9 Å². The molecule has 134 valence electrons. The Bertz CT molecular complexity index is 685. The maximum atomic E-state index is 11.9. The molecule has 0 aliphatic heterocycles. The summed E-state index contributed by atoms with van der Waals surface area (Å²) in [5.41, 5.74) is 0.147. The number of esters is 1. The number of nitriles is 1. The zero-order valence-electron chi connectivity index (χ0n) is 13.5. The summed E-state index contributed by atoms with van der Waals surface area (Å²) in [5, 5.41) is 12.8. The van der Waals surface area contributed by atoms with Gasteiger partial charge in [0.25, 0.3) is 5.91 Å². The maximum absolute atomic E-state index is 11.9. The molecule has 0 unspecified atom stereocenters. The van der Waals surface area contributed by atoms with E-state index in [9.17, 15) is 14.9 Å². The third-order valence-corrected chi connectivity index (χ3v) is 5.60. The van der Waals surface area contributed by atoms with Gasteiger partial charge in [0.2, 0.25) is 0 Å². The average molecular weight is 401 g/mol. The van der Waals surface area contributed by atoms with Crippen molar-refractivity contribution in [2.45, 2.75) is 37.0 Å². The summed E-state index contributed by atoms with van der Waals surface area (Å²) < 4.78 is 4.96. The number of carbonyl (C=O) groups excluding carboxylic acids is 2. The maximum Gasteiger partial charge on any atom is 0.316 e. The number of nitrogens with one attached hydrogen (secondary N) is 1. The van der Waals surface area contributed by atoms with Crippen molar-refractivity contribution in [1.82, 2.24) is 5.32 Å². The number of thioether (sulfide) groups is 1. The van der Waals surface area contributed by atoms with Gasteiger partial charge in [0.1, 0.15) is 5.54 Å². The van der Waals surface area contributed by atoms with E-state index in [1.54, 1.807) is 12.1 Å². The van der Waals surface area contributed by atoms with Gasteiger partial charge in [-0.25, -0.2) is 0 Å². The lowest BCUT2D eigenvalue weighted by Gasteiger charge is -2.21. The van der Waals surface area contributed by atoms with E-state index in [0.717, 1.165) is 18.4 Å². The van der Waals surface area contributed by atoms with Gasteiger partial charge in [-0.3, -0.25) is 9.59 Å². The lowest BCUT2D eigenvalue weighted by Crippen LogP contribution is -2.46. The molecule has 0 radical (unpaired) electrons. The summed E-state index contributed by atoms with van der Waals surface area (Å²) in [7, 11) is 0. The molecule has 1 amide bonds. The Labute approximate surface area is 161 Å². The summed E-state index contributed by atoms with van der Waals surface area (Å²) in [4.78, 5) is 23.6. The molecular weight excluding hydrogens is 383 g/mol. The first-order valence-electron chi connectivity index (χ1n) is 7.84. The minimum atomic E-state index is -0.800. The third-order valence-electron chi connectivity index (χ3n) is 3.89. The highest BCUT2D eigenvalue weighted by Crippen LogP contribution is 2.28. The molecular formula is C17H18Cl2N2O3S. The van der Waals surface area contributed by atoms with E-state index in [2.05, 4.69) is 11.4 Å². The molecule has 2 rings (SSSR count). The predicted octanol–water partition coefficient (Wildman–Crippen LogP) is 3.72. The van der Waals surface area contributed by atoms with Gasteiger partial charge < -0.3 is 10.1 Å². The van der Waals surface area contributed by atoms with Gasteiger partial charge in [0.15, 0.2) is 6.61 Å². The van der Waals surface area contributed by atoms with Crippen LogP contribution in [0, 0.1) is 11.3 Å². The minimum Gasteiger partial charge on any atom is -0.455 e. The molecule has 1 aliphatic rings. The van der Waals surface area contributed by atoms with Gasteiger partial charge in [0, 0.05) is 5.75 Å². The highest BCUT2D eigenvalue weighted by molar-refractivity contribution is 7.99. The molecule has 0 saturated heterocycles. The van der Waals surface area contributed by atoms with Crippen molar-refractivity contribution in [3.05, 3.63) is 33.8 Å². The van der Waals surface area contributed by atoms with Gasteiger partial charge in [-0.2, -0.15) is 5.26 Å². The largest absolute Gasteiger partial charge is 0.455 e. The lowest BCUT2D eigenvalue weighted by atomic mass is 10.00. The van der Waals surface area contributed by atoms with Crippen LogP contribution in [0.5, 0.6) is 0 Å². The van der Waals surface area contributed by atoms with Gasteiger partial charge in [-0.05, 0) is 43.4 Å². The number of rotatable bonds is 7. The molecule has 0 aromatic heterocycles. The van der Waals surface area contributed by atoms with Crippen LogP contribution in [0.1, 0.15) is 31.2 Å². The zero-order chi connectivity index (χ0) is 18.3. The first-order valence-corrected chi connectivity index (χ1v) is 9.75. The molecule has 8 heteroatoms. The van der Waals surface area contributed by atoms with Crippen LogP contribution < -0.4 is 5.32 Å². The smallest absolute Gasteiger partial charge is 0.316 e. The number of benzene rings is 1. The molecule has 1 saturated carbocycles. The summed E-state index contributed by atoms with van der Waals surface area (Å²) in [6.45, 7) is -0.365. The normalized spacial score (nSPS) is 15.4. The van der Waals surface area contributed by atoms with Crippen molar-refractivity contribution in [2.75, 3.05) is 12.4 Å². The molecule has 1 aromatic rings. The van der Waals surface area contributed by atoms with E-state index in [0.29, 0.717) is 28.6 Å². The molecule has 1 N–H and O–H groups in total. The SMILES string of the molecule is N#CC1(NC(=O)COC(=O)CSCc2ccc(Cl)c(Cl)c2)CCCC1. The summed E-state index contributed by atoms with van der Waals surface area (Å²) in [6.07, 6.45) is 3.11. The van der Waals surface area contributed by atoms with E-state index in [4.69, 9.17) is 27.9 Å². The fourth-order valence-electron chi connectivity index (χ4n) is 2.62. The monoisotopic (exact) mass is 400 g/mol. The number of ether oxygens (including phenoxy) is 1. The van der Waals surface area contributed by atoms with Crippen molar-refractivity contribution in [1.29, 1.82) is 5.26 Å². The highest BCUT2D eigenvalue weighted by atomic mass is 35.5. The van der Waals surface area contributed by atoms with Gasteiger partial charge >= 0.3 is 5.97 Å². The second-order valence-electron chi connectivity index (χ2n) is 5.85. The first-order chi connectivity index (χ1) is 11.9. The van der Waals surface area contributed by atoms with Crippen LogP contribution in [0.4, 0.5) is 0 Å². The summed E-state index contributed by atoms with van der Waals surface area (Å²) in [6, 6.07) is 7.45. The van der Waals surface area contributed by atoms with Crippen LogP contribution in [0.2, 0.25) is 10.0 Å². The molecule has 0 bridgehead atoms. The van der Waals surface area contributed by atoms with Crippen molar-refractivity contribution in [3.63, 3.8) is 0 Å². The summed E-state index contributed by atoms with van der Waals surface area (Å²) in [5.74, 6) is -0.212. The van der Waals surface area contributed by atoms with Gasteiger partial charge in [-0.15, -0.1) is 11.8 Å². The van der Waals surface area contributed by atoms with E-state index >= 15 is 0 Å². The number of carbonyl (C=O) groups is 2. The zero-order valence-corrected chi connectivity index (χ0v) is 15.8. The Kier molecular flexibility index (Phi) is 7.42. The average Bonchev–Trinajstić information content (AvgIpc) is 3.05. The Morgan fingerprint density at radius 2 is 2.00 bits per heavy atom. The van der Waals surface area contributed by atoms with Crippen molar-refractivity contribution < 1.29 is 14.3 Å². The van der Waals surface area contributed by atoms with Crippen molar-refractivity contribution in [2.24, 2.45) is 0 Å². The second kappa shape index (κ2) is 9.33. The van der Waals surface area contributed by atoms with E-state index in [1.165, 1.54) is 11.8 Å². The number of hydrogen-bond acceptors (Lipinski definition) is 5. The first kappa shape index (κ1) is 19.9. The van der Waals surface area contributed by atoms with Crippen LogP contribution in [-0.2, 0) is 20.1 Å². The quantitative estimate of drug-likeness (QED) is 0.705. The predicted molar refractivity (Wildman–Crippen MR) is 98.5 cm³/mol. The molecule has 0 spiro atoms. The number of hydrogen-bond donors (Lipinski definition) is 1. The molecule has 0 heterocycles. The minimum absolute atomic E-state index is 0.122. The second-order valence-corrected chi connectivity index (χ2v) is 7.65. The Morgan fingerprint density at radius 3 is 2.64 bits per heavy atom. The third kappa shape index (κ3) is 6.10. The van der Waals surface area contributed by atoms with Crippen LogP contribution in [-0.4, -0.2) is 29.8 Å². The van der Waals surface area contributed by atoms with Crippen LogP contribution in [0.15, 0.2) is 18.2 Å².